The first kappa shape index (κ1) is 8.32. The normalized spacial score (nSPS) is 9.75. The highest BCUT2D eigenvalue weighted by Gasteiger charge is 2.11. The van der Waals surface area contributed by atoms with Gasteiger partial charge in [0.25, 0.3) is 0 Å². The van der Waals surface area contributed by atoms with Gasteiger partial charge >= 0.3 is 0 Å². The van der Waals surface area contributed by atoms with Gasteiger partial charge in [-0.05, 0) is 6.92 Å². The molecule has 0 aromatic carbocycles. The van der Waals surface area contributed by atoms with Crippen LogP contribution in [0.15, 0.2) is 10.7 Å². The highest BCUT2D eigenvalue weighted by atomic mass is 16.4. The first-order valence-corrected chi connectivity index (χ1v) is 3.04. The van der Waals surface area contributed by atoms with Crippen LogP contribution in [0.4, 0.5) is 0 Å². The van der Waals surface area contributed by atoms with E-state index in [0.29, 0.717) is 0 Å². The maximum absolute atomic E-state index is 10.3. The minimum absolute atomic E-state index is 0.00537. The molecule has 1 aromatic heterocycles. The van der Waals surface area contributed by atoms with Gasteiger partial charge in [0.05, 0.1) is 11.9 Å². The van der Waals surface area contributed by atoms with Gasteiger partial charge in [0, 0.05) is 11.1 Å². The second-order valence-electron chi connectivity index (χ2n) is 2.16. The summed E-state index contributed by atoms with van der Waals surface area (Å²) in [6.07, 6.45) is 0.815. The van der Waals surface area contributed by atoms with Crippen molar-refractivity contribution in [2.75, 3.05) is 0 Å². The number of carboxylic acids is 2. The molecule has 1 aromatic rings. The predicted octanol–water partition coefficient (Wildman–Crippen LogP) is -1.68. The fraction of sp³-hybridized carbons (Fsp3) is 0.143. The Labute approximate surface area is 67.2 Å². The molecule has 1 heterocycles. The summed E-state index contributed by atoms with van der Waals surface area (Å²) >= 11 is 0. The average molecular weight is 168 g/mol. The van der Waals surface area contributed by atoms with Crippen molar-refractivity contribution in [1.82, 2.24) is 0 Å². The van der Waals surface area contributed by atoms with E-state index in [-0.39, 0.29) is 5.76 Å². The summed E-state index contributed by atoms with van der Waals surface area (Å²) in [6.45, 7) is 1.33. The second kappa shape index (κ2) is 2.69. The second-order valence-corrected chi connectivity index (χ2v) is 2.16. The van der Waals surface area contributed by atoms with Crippen molar-refractivity contribution >= 4 is 11.9 Å². The molecule has 12 heavy (non-hydrogen) atoms. The summed E-state index contributed by atoms with van der Waals surface area (Å²) < 4.78 is 4.58. The van der Waals surface area contributed by atoms with Gasteiger partial charge in [0.2, 0.25) is 0 Å². The molecule has 0 aliphatic heterocycles. The lowest BCUT2D eigenvalue weighted by Gasteiger charge is -2.04. The van der Waals surface area contributed by atoms with Crippen LogP contribution < -0.4 is 10.2 Å². The summed E-state index contributed by atoms with van der Waals surface area (Å²) in [6, 6.07) is 0. The van der Waals surface area contributed by atoms with Crippen LogP contribution in [-0.2, 0) is 0 Å². The number of carbonyl (C=O) groups is 2. The van der Waals surface area contributed by atoms with Gasteiger partial charge in [0.15, 0.2) is 0 Å². The molecule has 0 atom stereocenters. The maximum atomic E-state index is 10.3. The molecule has 0 fully saturated rings. The van der Waals surface area contributed by atoms with Gasteiger partial charge in [-0.25, -0.2) is 0 Å². The highest BCUT2D eigenvalue weighted by Crippen LogP contribution is 2.14. The minimum atomic E-state index is -1.59. The van der Waals surface area contributed by atoms with Gasteiger partial charge in [-0.3, -0.25) is 0 Å². The molecule has 0 aliphatic carbocycles. The van der Waals surface area contributed by atoms with E-state index >= 15 is 0 Å². The van der Waals surface area contributed by atoms with E-state index in [0.717, 1.165) is 6.26 Å². The molecule has 0 radical (unpaired) electrons. The van der Waals surface area contributed by atoms with Crippen LogP contribution in [0.25, 0.3) is 0 Å². The van der Waals surface area contributed by atoms with Crippen LogP contribution in [0, 0.1) is 6.92 Å². The van der Waals surface area contributed by atoms with Crippen molar-refractivity contribution in [2.45, 2.75) is 6.92 Å². The molecule has 5 heteroatoms. The van der Waals surface area contributed by atoms with Crippen LogP contribution in [0.3, 0.4) is 0 Å². The Hall–Kier alpha value is -1.78. The standard InChI is InChI=1S/C7H6O5/c1-3-5(7(10)11)4(2-12-3)6(8)9/h2H,1H3,(H,8,9)(H,10,11)/p-2. The zero-order valence-electron chi connectivity index (χ0n) is 6.12. The lowest BCUT2D eigenvalue weighted by Crippen LogP contribution is -2.29. The van der Waals surface area contributed by atoms with Crippen molar-refractivity contribution in [3.63, 3.8) is 0 Å². The third-order valence-electron chi connectivity index (χ3n) is 1.40. The van der Waals surface area contributed by atoms with Crippen molar-refractivity contribution in [3.8, 4) is 0 Å². The van der Waals surface area contributed by atoms with E-state index in [9.17, 15) is 19.8 Å². The fourth-order valence-corrected chi connectivity index (χ4v) is 0.859. The third-order valence-corrected chi connectivity index (χ3v) is 1.40. The molecule has 0 aliphatic rings. The minimum Gasteiger partial charge on any atom is -0.545 e. The fourth-order valence-electron chi connectivity index (χ4n) is 0.859. The lowest BCUT2D eigenvalue weighted by molar-refractivity contribution is -0.259. The third kappa shape index (κ3) is 1.16. The molecule has 0 saturated heterocycles. The Morgan fingerprint density at radius 1 is 1.33 bits per heavy atom. The summed E-state index contributed by atoms with van der Waals surface area (Å²) in [7, 11) is 0. The van der Waals surface area contributed by atoms with E-state index in [4.69, 9.17) is 0 Å². The molecule has 0 N–H and O–H groups in total. The SMILES string of the molecule is Cc1occ(C(=O)[O-])c1C(=O)[O-]. The molecule has 64 valence electrons. The Morgan fingerprint density at radius 3 is 2.25 bits per heavy atom. The Bertz CT molecular complexity index is 336. The lowest BCUT2D eigenvalue weighted by atomic mass is 10.1. The molecule has 0 amide bonds. The number of aryl methyl sites for hydroxylation is 1. The van der Waals surface area contributed by atoms with E-state index in [1.807, 2.05) is 0 Å². The van der Waals surface area contributed by atoms with Crippen molar-refractivity contribution < 1.29 is 24.2 Å². The quantitative estimate of drug-likeness (QED) is 0.525. The number of carbonyl (C=O) groups excluding carboxylic acids is 2. The first-order chi connectivity index (χ1) is 5.54. The van der Waals surface area contributed by atoms with Gasteiger partial charge in [-0.2, -0.15) is 0 Å². The Balaban J connectivity index is 3.31. The monoisotopic (exact) mass is 168 g/mol. The number of furan rings is 1. The number of rotatable bonds is 2. The van der Waals surface area contributed by atoms with E-state index < -0.39 is 23.1 Å². The summed E-state index contributed by atoms with van der Waals surface area (Å²) in [5.41, 5.74) is -0.956. The number of carboxylic acid groups (broad SMARTS) is 2. The Morgan fingerprint density at radius 2 is 1.92 bits per heavy atom. The van der Waals surface area contributed by atoms with Gasteiger partial charge < -0.3 is 24.2 Å². The molecule has 5 nitrogen and oxygen atoms in total. The van der Waals surface area contributed by atoms with Crippen LogP contribution in [0.2, 0.25) is 0 Å². The van der Waals surface area contributed by atoms with Crippen LogP contribution in [0.5, 0.6) is 0 Å². The topological polar surface area (TPSA) is 93.4 Å². The molecule has 0 spiro atoms. The molecular formula is C7H4O5-2. The van der Waals surface area contributed by atoms with E-state index in [1.165, 1.54) is 6.92 Å². The van der Waals surface area contributed by atoms with Crippen LogP contribution in [-0.4, -0.2) is 11.9 Å². The molecule has 0 saturated carbocycles. The zero-order chi connectivity index (χ0) is 9.30. The van der Waals surface area contributed by atoms with Crippen molar-refractivity contribution in [3.05, 3.63) is 23.2 Å². The van der Waals surface area contributed by atoms with Crippen molar-refractivity contribution in [2.24, 2.45) is 0 Å². The number of hydrogen-bond acceptors (Lipinski definition) is 5. The van der Waals surface area contributed by atoms with E-state index in [1.54, 1.807) is 0 Å². The van der Waals surface area contributed by atoms with Gasteiger partial charge in [-0.15, -0.1) is 0 Å². The smallest absolute Gasteiger partial charge is 0.110 e. The molecular weight excluding hydrogens is 164 g/mol. The maximum Gasteiger partial charge on any atom is 0.110 e. The highest BCUT2D eigenvalue weighted by molar-refractivity contribution is 6.00. The number of hydrogen-bond donors (Lipinski definition) is 0. The number of aromatic carboxylic acids is 2. The summed E-state index contributed by atoms with van der Waals surface area (Å²) in [4.78, 5) is 20.6. The van der Waals surface area contributed by atoms with E-state index in [2.05, 4.69) is 4.42 Å². The summed E-state index contributed by atoms with van der Waals surface area (Å²) in [5, 5.41) is 20.6. The molecule has 0 unspecified atom stereocenters. The van der Waals surface area contributed by atoms with Gasteiger partial charge in [-0.1, -0.05) is 0 Å². The largest absolute Gasteiger partial charge is 0.545 e. The summed E-state index contributed by atoms with van der Waals surface area (Å²) in [5.74, 6) is -3.18. The van der Waals surface area contributed by atoms with Crippen molar-refractivity contribution in [1.29, 1.82) is 0 Å². The van der Waals surface area contributed by atoms with Gasteiger partial charge in [0.1, 0.15) is 12.0 Å². The predicted molar refractivity (Wildman–Crippen MR) is 32.1 cm³/mol. The molecule has 0 bridgehead atoms. The molecule has 1 rings (SSSR count). The Kier molecular flexibility index (Phi) is 1.86. The zero-order valence-corrected chi connectivity index (χ0v) is 6.12. The van der Waals surface area contributed by atoms with Crippen LogP contribution >= 0.6 is 0 Å². The van der Waals surface area contributed by atoms with Crippen LogP contribution in [0.1, 0.15) is 26.5 Å². The first-order valence-electron chi connectivity index (χ1n) is 3.04. The average Bonchev–Trinajstić information content (AvgIpc) is 2.30.